The van der Waals surface area contributed by atoms with Gasteiger partial charge in [-0.15, -0.1) is 0 Å². The number of hydrogen-bond acceptors (Lipinski definition) is 3. The van der Waals surface area contributed by atoms with Crippen molar-refractivity contribution in [1.82, 2.24) is 15.5 Å². The van der Waals surface area contributed by atoms with Crippen LogP contribution in [0.3, 0.4) is 0 Å². The van der Waals surface area contributed by atoms with Gasteiger partial charge in [0.15, 0.2) is 0 Å². The lowest BCUT2D eigenvalue weighted by atomic mass is 9.85. The van der Waals surface area contributed by atoms with Gasteiger partial charge in [-0.25, -0.2) is 4.79 Å². The Morgan fingerprint density at radius 3 is 2.50 bits per heavy atom. The lowest BCUT2D eigenvalue weighted by Crippen LogP contribution is -2.54. The molecule has 1 rings (SSSR count). The molecular formula is C15H31N3O2. The Morgan fingerprint density at radius 2 is 1.95 bits per heavy atom. The Hall–Kier alpha value is -0.810. The van der Waals surface area contributed by atoms with Crippen molar-refractivity contribution in [2.45, 2.75) is 64.6 Å². The molecule has 5 heteroatoms. The van der Waals surface area contributed by atoms with Crippen molar-refractivity contribution in [2.24, 2.45) is 5.41 Å². The van der Waals surface area contributed by atoms with Gasteiger partial charge in [0.1, 0.15) is 0 Å². The molecule has 0 saturated heterocycles. The van der Waals surface area contributed by atoms with Gasteiger partial charge < -0.3 is 20.6 Å². The first-order valence-corrected chi connectivity index (χ1v) is 7.62. The van der Waals surface area contributed by atoms with E-state index in [2.05, 4.69) is 29.4 Å². The maximum atomic E-state index is 12.1. The molecule has 118 valence electrons. The predicted molar refractivity (Wildman–Crippen MR) is 81.7 cm³/mol. The summed E-state index contributed by atoms with van der Waals surface area (Å²) in [5.41, 5.74) is -0.00792. The average Bonchev–Trinajstić information content (AvgIpc) is 2.30. The molecule has 20 heavy (non-hydrogen) atoms. The number of nitrogens with zero attached hydrogens (tertiary/aromatic N) is 1. The SMILES string of the molecule is C[C@H](NC(=O)N[C@H]1CCCC[C@@H]1O)C(C)(C)CN(C)C. The highest BCUT2D eigenvalue weighted by Gasteiger charge is 2.29. The summed E-state index contributed by atoms with van der Waals surface area (Å²) in [6.45, 7) is 7.22. The number of aliphatic hydroxyl groups is 1. The summed E-state index contributed by atoms with van der Waals surface area (Å²) in [5.74, 6) is 0. The van der Waals surface area contributed by atoms with Crippen molar-refractivity contribution in [3.05, 3.63) is 0 Å². The monoisotopic (exact) mass is 285 g/mol. The second-order valence-electron chi connectivity index (χ2n) is 7.02. The highest BCUT2D eigenvalue weighted by atomic mass is 16.3. The van der Waals surface area contributed by atoms with Gasteiger partial charge in [-0.3, -0.25) is 0 Å². The third-order valence-corrected chi connectivity index (χ3v) is 4.29. The average molecular weight is 285 g/mol. The summed E-state index contributed by atoms with van der Waals surface area (Å²) in [7, 11) is 4.07. The molecule has 1 aliphatic carbocycles. The minimum absolute atomic E-state index is 0.00792. The Balaban J connectivity index is 2.44. The van der Waals surface area contributed by atoms with Gasteiger partial charge >= 0.3 is 6.03 Å². The number of amides is 2. The predicted octanol–water partition coefficient (Wildman–Crippen LogP) is 1.57. The largest absolute Gasteiger partial charge is 0.391 e. The number of hydrogen-bond donors (Lipinski definition) is 3. The molecule has 5 nitrogen and oxygen atoms in total. The first kappa shape index (κ1) is 17.2. The van der Waals surface area contributed by atoms with Crippen LogP contribution in [0.1, 0.15) is 46.5 Å². The minimum Gasteiger partial charge on any atom is -0.391 e. The van der Waals surface area contributed by atoms with Gasteiger partial charge in [-0.2, -0.15) is 0 Å². The number of urea groups is 1. The molecule has 0 aliphatic heterocycles. The van der Waals surface area contributed by atoms with Gasteiger partial charge in [-0.1, -0.05) is 26.7 Å². The number of rotatable bonds is 5. The van der Waals surface area contributed by atoms with Crippen molar-refractivity contribution in [2.75, 3.05) is 20.6 Å². The summed E-state index contributed by atoms with van der Waals surface area (Å²) in [5, 5.41) is 15.8. The molecule has 0 unspecified atom stereocenters. The minimum atomic E-state index is -0.403. The molecule has 0 spiro atoms. The molecule has 0 aromatic heterocycles. The van der Waals surface area contributed by atoms with Gasteiger partial charge in [0.05, 0.1) is 12.1 Å². The van der Waals surface area contributed by atoms with Crippen molar-refractivity contribution >= 4 is 6.03 Å². The first-order chi connectivity index (χ1) is 9.22. The van der Waals surface area contributed by atoms with E-state index in [0.29, 0.717) is 0 Å². The zero-order valence-electron chi connectivity index (χ0n) is 13.6. The number of aliphatic hydroxyl groups excluding tert-OH is 1. The van der Waals surface area contributed by atoms with Crippen LogP contribution >= 0.6 is 0 Å². The van der Waals surface area contributed by atoms with Crippen LogP contribution in [0.4, 0.5) is 4.79 Å². The molecule has 0 radical (unpaired) electrons. The smallest absolute Gasteiger partial charge is 0.315 e. The van der Waals surface area contributed by atoms with Crippen LogP contribution in [0.15, 0.2) is 0 Å². The summed E-state index contributed by atoms with van der Waals surface area (Å²) >= 11 is 0. The van der Waals surface area contributed by atoms with E-state index in [0.717, 1.165) is 32.2 Å². The molecule has 1 saturated carbocycles. The quantitative estimate of drug-likeness (QED) is 0.718. The zero-order chi connectivity index (χ0) is 15.3. The van der Waals surface area contributed by atoms with E-state index in [1.54, 1.807) is 0 Å². The van der Waals surface area contributed by atoms with Crippen LogP contribution in [-0.4, -0.2) is 54.9 Å². The Kier molecular flexibility index (Phi) is 6.27. The Morgan fingerprint density at radius 1 is 1.35 bits per heavy atom. The molecule has 3 N–H and O–H groups in total. The molecular weight excluding hydrogens is 254 g/mol. The van der Waals surface area contributed by atoms with Crippen molar-refractivity contribution in [1.29, 1.82) is 0 Å². The topological polar surface area (TPSA) is 64.6 Å². The van der Waals surface area contributed by atoms with Gasteiger partial charge in [0, 0.05) is 12.6 Å². The van der Waals surface area contributed by atoms with Crippen molar-refractivity contribution in [3.63, 3.8) is 0 Å². The lowest BCUT2D eigenvalue weighted by Gasteiger charge is -2.36. The normalized spacial score (nSPS) is 25.4. The summed E-state index contributed by atoms with van der Waals surface area (Å²) < 4.78 is 0. The highest BCUT2D eigenvalue weighted by Crippen LogP contribution is 2.21. The van der Waals surface area contributed by atoms with E-state index in [1.165, 1.54) is 0 Å². The maximum absolute atomic E-state index is 12.1. The maximum Gasteiger partial charge on any atom is 0.315 e. The number of carbonyl (C=O) groups excluding carboxylic acids is 1. The van der Waals surface area contributed by atoms with E-state index >= 15 is 0 Å². The summed E-state index contributed by atoms with van der Waals surface area (Å²) in [6.07, 6.45) is 3.37. The summed E-state index contributed by atoms with van der Waals surface area (Å²) in [4.78, 5) is 14.2. The van der Waals surface area contributed by atoms with Gasteiger partial charge in [0.2, 0.25) is 0 Å². The fraction of sp³-hybridized carbons (Fsp3) is 0.933. The molecule has 0 bridgehead atoms. The number of nitrogens with one attached hydrogen (secondary N) is 2. The molecule has 0 aromatic carbocycles. The Bertz CT molecular complexity index is 318. The van der Waals surface area contributed by atoms with E-state index in [4.69, 9.17) is 0 Å². The van der Waals surface area contributed by atoms with Crippen LogP contribution in [0.5, 0.6) is 0 Å². The van der Waals surface area contributed by atoms with E-state index < -0.39 is 6.10 Å². The van der Waals surface area contributed by atoms with Crippen LogP contribution in [-0.2, 0) is 0 Å². The molecule has 1 aliphatic rings. The summed E-state index contributed by atoms with van der Waals surface area (Å²) in [6, 6.07) is -0.214. The third kappa shape index (κ3) is 5.29. The van der Waals surface area contributed by atoms with Gasteiger partial charge in [-0.05, 0) is 39.3 Å². The second kappa shape index (κ2) is 7.27. The molecule has 3 atom stereocenters. The van der Waals surface area contributed by atoms with E-state index in [1.807, 2.05) is 21.0 Å². The highest BCUT2D eigenvalue weighted by molar-refractivity contribution is 5.74. The molecule has 1 fully saturated rings. The van der Waals surface area contributed by atoms with Crippen LogP contribution in [0, 0.1) is 5.41 Å². The fourth-order valence-corrected chi connectivity index (χ4v) is 2.83. The van der Waals surface area contributed by atoms with Crippen molar-refractivity contribution in [3.8, 4) is 0 Å². The fourth-order valence-electron chi connectivity index (χ4n) is 2.83. The third-order valence-electron chi connectivity index (χ3n) is 4.29. The van der Waals surface area contributed by atoms with Crippen LogP contribution in [0.2, 0.25) is 0 Å². The zero-order valence-corrected chi connectivity index (χ0v) is 13.6. The van der Waals surface area contributed by atoms with Crippen molar-refractivity contribution < 1.29 is 9.90 Å². The van der Waals surface area contributed by atoms with E-state index in [-0.39, 0.29) is 23.5 Å². The Labute approximate surface area is 123 Å². The van der Waals surface area contributed by atoms with Gasteiger partial charge in [0.25, 0.3) is 0 Å². The number of carbonyl (C=O) groups is 1. The van der Waals surface area contributed by atoms with Crippen LogP contribution < -0.4 is 10.6 Å². The van der Waals surface area contributed by atoms with Crippen LogP contribution in [0.25, 0.3) is 0 Å². The first-order valence-electron chi connectivity index (χ1n) is 7.62. The van der Waals surface area contributed by atoms with E-state index in [9.17, 15) is 9.90 Å². The lowest BCUT2D eigenvalue weighted by molar-refractivity contribution is 0.0930. The molecule has 2 amide bonds. The molecule has 0 heterocycles. The standard InChI is InChI=1S/C15H31N3O2/c1-11(15(2,3)10-18(4)5)16-14(20)17-12-8-6-7-9-13(12)19/h11-13,19H,6-10H2,1-5H3,(H2,16,17,20)/t11-,12-,13-/m0/s1. The molecule has 0 aromatic rings. The second-order valence-corrected chi connectivity index (χ2v) is 7.02.